The van der Waals surface area contributed by atoms with Gasteiger partial charge in [-0.2, -0.15) is 0 Å². The van der Waals surface area contributed by atoms with Gasteiger partial charge in [0.2, 0.25) is 11.7 Å². The Balaban J connectivity index is 1.91. The Labute approximate surface area is 162 Å². The van der Waals surface area contributed by atoms with E-state index in [1.807, 2.05) is 0 Å². The number of hydrogen-bond donors (Lipinski definition) is 2. The molecule has 0 heterocycles. The smallest absolute Gasteiger partial charge is 0.269 e. The molecule has 8 heteroatoms. The molecule has 2 aromatic carbocycles. The summed E-state index contributed by atoms with van der Waals surface area (Å²) in [6, 6.07) is 9.90. The van der Waals surface area contributed by atoms with Gasteiger partial charge in [-0.1, -0.05) is 11.6 Å². The molecule has 0 bridgehead atoms. The Hall–Kier alpha value is -2.93. The summed E-state index contributed by atoms with van der Waals surface area (Å²) in [4.78, 5) is 24.0. The van der Waals surface area contributed by atoms with E-state index in [-0.39, 0.29) is 12.3 Å². The van der Waals surface area contributed by atoms with Gasteiger partial charge in [-0.25, -0.2) is 0 Å². The quantitative estimate of drug-likeness (QED) is 0.707. The molecule has 144 valence electrons. The van der Waals surface area contributed by atoms with Crippen molar-refractivity contribution in [3.8, 4) is 17.2 Å². The summed E-state index contributed by atoms with van der Waals surface area (Å²) in [5.41, 5.74) is 5.98. The van der Waals surface area contributed by atoms with Gasteiger partial charge < -0.3 is 14.2 Å². The Kier molecular flexibility index (Phi) is 7.31. The number of carbonyl (C=O) groups is 2. The highest BCUT2D eigenvalue weighted by Crippen LogP contribution is 2.38. The summed E-state index contributed by atoms with van der Waals surface area (Å²) >= 11 is 5.78. The third kappa shape index (κ3) is 5.52. The Morgan fingerprint density at radius 3 is 2.04 bits per heavy atom. The Morgan fingerprint density at radius 1 is 0.926 bits per heavy atom. The molecule has 7 nitrogen and oxygen atoms in total. The molecule has 0 unspecified atom stereocenters. The number of hydrogen-bond acceptors (Lipinski definition) is 5. The van der Waals surface area contributed by atoms with Crippen LogP contribution in [0.3, 0.4) is 0 Å². The van der Waals surface area contributed by atoms with Crippen molar-refractivity contribution in [2.24, 2.45) is 0 Å². The highest BCUT2D eigenvalue weighted by atomic mass is 35.5. The van der Waals surface area contributed by atoms with Crippen LogP contribution in [-0.4, -0.2) is 33.1 Å². The van der Waals surface area contributed by atoms with E-state index in [0.29, 0.717) is 34.3 Å². The average molecular weight is 393 g/mol. The van der Waals surface area contributed by atoms with Gasteiger partial charge >= 0.3 is 0 Å². The first-order chi connectivity index (χ1) is 13.0. The molecule has 0 saturated heterocycles. The van der Waals surface area contributed by atoms with Crippen molar-refractivity contribution in [2.75, 3.05) is 21.3 Å². The number of halogens is 1. The zero-order chi connectivity index (χ0) is 19.8. The van der Waals surface area contributed by atoms with Gasteiger partial charge in [-0.15, -0.1) is 0 Å². The monoisotopic (exact) mass is 392 g/mol. The normalized spacial score (nSPS) is 10.1. The summed E-state index contributed by atoms with van der Waals surface area (Å²) in [7, 11) is 4.58. The Bertz CT molecular complexity index is 783. The molecule has 0 spiro atoms. The van der Waals surface area contributed by atoms with Gasteiger partial charge in [0.15, 0.2) is 11.5 Å². The minimum absolute atomic E-state index is 0.166. The lowest BCUT2D eigenvalue weighted by Gasteiger charge is -2.14. The lowest BCUT2D eigenvalue weighted by molar-refractivity contribution is -0.121. The maximum atomic E-state index is 12.0. The molecule has 2 aromatic rings. The fourth-order valence-corrected chi connectivity index (χ4v) is 2.53. The second-order valence-electron chi connectivity index (χ2n) is 5.54. The van der Waals surface area contributed by atoms with Crippen molar-refractivity contribution in [1.29, 1.82) is 0 Å². The molecule has 2 N–H and O–H groups in total. The van der Waals surface area contributed by atoms with Crippen molar-refractivity contribution in [1.82, 2.24) is 10.9 Å². The summed E-state index contributed by atoms with van der Waals surface area (Å²) in [5, 5.41) is 0.529. The SMILES string of the molecule is COc1cc(CCC(=O)NNC(=O)c2ccc(Cl)cc2)cc(OC)c1OC. The lowest BCUT2D eigenvalue weighted by atomic mass is 10.1. The number of aryl methyl sites for hydroxylation is 1. The number of nitrogens with one attached hydrogen (secondary N) is 2. The van der Waals surface area contributed by atoms with Crippen LogP contribution in [0.5, 0.6) is 17.2 Å². The van der Waals surface area contributed by atoms with Gasteiger partial charge in [-0.05, 0) is 48.4 Å². The number of ether oxygens (including phenoxy) is 3. The third-order valence-electron chi connectivity index (χ3n) is 3.79. The van der Waals surface area contributed by atoms with Gasteiger partial charge in [-0.3, -0.25) is 20.4 Å². The van der Waals surface area contributed by atoms with Gasteiger partial charge in [0.1, 0.15) is 0 Å². The van der Waals surface area contributed by atoms with E-state index in [0.717, 1.165) is 5.56 Å². The molecule has 0 radical (unpaired) electrons. The molecule has 0 fully saturated rings. The van der Waals surface area contributed by atoms with Crippen LogP contribution in [0.25, 0.3) is 0 Å². The minimum Gasteiger partial charge on any atom is -0.493 e. The molecule has 0 atom stereocenters. The third-order valence-corrected chi connectivity index (χ3v) is 4.04. The first-order valence-corrected chi connectivity index (χ1v) is 8.50. The van der Waals surface area contributed by atoms with Crippen LogP contribution < -0.4 is 25.1 Å². The van der Waals surface area contributed by atoms with Crippen LogP contribution in [0.15, 0.2) is 36.4 Å². The van der Waals surface area contributed by atoms with Crippen molar-refractivity contribution in [3.05, 3.63) is 52.5 Å². The highest BCUT2D eigenvalue weighted by Gasteiger charge is 2.14. The molecule has 0 aliphatic heterocycles. The minimum atomic E-state index is -0.423. The number of methoxy groups -OCH3 is 3. The van der Waals surface area contributed by atoms with Crippen LogP contribution in [0.4, 0.5) is 0 Å². The summed E-state index contributed by atoms with van der Waals surface area (Å²) in [5.74, 6) is 0.772. The molecule has 0 aliphatic rings. The topological polar surface area (TPSA) is 85.9 Å². The van der Waals surface area contributed by atoms with Crippen molar-refractivity contribution in [3.63, 3.8) is 0 Å². The largest absolute Gasteiger partial charge is 0.493 e. The number of rotatable bonds is 7. The summed E-state index contributed by atoms with van der Waals surface area (Å²) < 4.78 is 15.8. The van der Waals surface area contributed by atoms with E-state index >= 15 is 0 Å². The molecule has 0 aliphatic carbocycles. The first-order valence-electron chi connectivity index (χ1n) is 8.12. The molecule has 0 aromatic heterocycles. The number of amides is 2. The van der Waals surface area contributed by atoms with Crippen molar-refractivity contribution in [2.45, 2.75) is 12.8 Å². The molecular formula is C19H21ClN2O5. The first kappa shape index (κ1) is 20.4. The van der Waals surface area contributed by atoms with E-state index in [1.165, 1.54) is 21.3 Å². The van der Waals surface area contributed by atoms with Gasteiger partial charge in [0, 0.05) is 17.0 Å². The zero-order valence-corrected chi connectivity index (χ0v) is 16.1. The van der Waals surface area contributed by atoms with Crippen molar-refractivity contribution < 1.29 is 23.8 Å². The molecule has 27 heavy (non-hydrogen) atoms. The maximum Gasteiger partial charge on any atom is 0.269 e. The van der Waals surface area contributed by atoms with E-state index < -0.39 is 5.91 Å². The van der Waals surface area contributed by atoms with E-state index in [9.17, 15) is 9.59 Å². The van der Waals surface area contributed by atoms with E-state index in [2.05, 4.69) is 10.9 Å². The zero-order valence-electron chi connectivity index (χ0n) is 15.3. The van der Waals surface area contributed by atoms with Crippen molar-refractivity contribution >= 4 is 23.4 Å². The standard InChI is InChI=1S/C19H21ClN2O5/c1-25-15-10-12(11-16(26-2)18(15)27-3)4-9-17(23)21-22-19(24)13-5-7-14(20)8-6-13/h5-8,10-11H,4,9H2,1-3H3,(H,21,23)(H,22,24). The molecule has 2 rings (SSSR count). The fourth-order valence-electron chi connectivity index (χ4n) is 2.40. The van der Waals surface area contributed by atoms with Crippen LogP contribution in [0, 0.1) is 0 Å². The lowest BCUT2D eigenvalue weighted by Crippen LogP contribution is -2.41. The number of hydrazine groups is 1. The predicted octanol–water partition coefficient (Wildman–Crippen LogP) is 2.76. The van der Waals surface area contributed by atoms with Gasteiger partial charge in [0.25, 0.3) is 5.91 Å². The van der Waals surface area contributed by atoms with Gasteiger partial charge in [0.05, 0.1) is 21.3 Å². The predicted molar refractivity (Wildman–Crippen MR) is 101 cm³/mol. The molecule has 2 amide bonds. The van der Waals surface area contributed by atoms with Crippen LogP contribution >= 0.6 is 11.6 Å². The number of benzene rings is 2. The van der Waals surface area contributed by atoms with E-state index in [4.69, 9.17) is 25.8 Å². The highest BCUT2D eigenvalue weighted by molar-refractivity contribution is 6.30. The second kappa shape index (κ2) is 9.68. The fraction of sp³-hybridized carbons (Fsp3) is 0.263. The second-order valence-corrected chi connectivity index (χ2v) is 5.98. The summed E-state index contributed by atoms with van der Waals surface area (Å²) in [6.45, 7) is 0. The van der Waals surface area contributed by atoms with Crippen LogP contribution in [0.2, 0.25) is 5.02 Å². The Morgan fingerprint density at radius 2 is 1.52 bits per heavy atom. The van der Waals surface area contributed by atoms with Crippen LogP contribution in [-0.2, 0) is 11.2 Å². The molecular weight excluding hydrogens is 372 g/mol. The average Bonchev–Trinajstić information content (AvgIpc) is 2.69. The van der Waals surface area contributed by atoms with E-state index in [1.54, 1.807) is 36.4 Å². The molecule has 0 saturated carbocycles. The van der Waals surface area contributed by atoms with Crippen LogP contribution in [0.1, 0.15) is 22.3 Å². The number of carbonyl (C=O) groups excluding carboxylic acids is 2. The summed E-state index contributed by atoms with van der Waals surface area (Å²) in [6.07, 6.45) is 0.596. The maximum absolute atomic E-state index is 12.0.